The molecule has 0 aliphatic carbocycles. The molecule has 0 radical (unpaired) electrons. The van der Waals surface area contributed by atoms with Gasteiger partial charge >= 0.3 is 0 Å². The fraction of sp³-hybridized carbons (Fsp3) is 0.688. The number of likely N-dealkylation sites (tertiary alicyclic amines) is 1. The Balaban J connectivity index is 1.53. The van der Waals surface area contributed by atoms with Crippen LogP contribution in [-0.2, 0) is 4.74 Å². The Labute approximate surface area is 136 Å². The van der Waals surface area contributed by atoms with E-state index in [2.05, 4.69) is 37.3 Å². The summed E-state index contributed by atoms with van der Waals surface area (Å²) >= 11 is 0. The molecule has 2 N–H and O–H groups in total. The molecule has 0 bridgehead atoms. The molecule has 1 aliphatic rings. The van der Waals surface area contributed by atoms with Crippen LogP contribution in [0.25, 0.3) is 11.0 Å². The highest BCUT2D eigenvalue weighted by atomic mass is 16.5. The fourth-order valence-electron chi connectivity index (χ4n) is 3.24. The molecule has 2 unspecified atom stereocenters. The number of fused-ring (bicyclic) bond motifs is 1. The van der Waals surface area contributed by atoms with E-state index in [0.717, 1.165) is 62.5 Å². The van der Waals surface area contributed by atoms with Gasteiger partial charge in [0.1, 0.15) is 12.1 Å². The topological polar surface area (TPSA) is 79.0 Å². The average molecular weight is 318 g/mol. The first-order valence-electron chi connectivity index (χ1n) is 8.48. The lowest BCUT2D eigenvalue weighted by molar-refractivity contribution is 0.117. The Morgan fingerprint density at radius 3 is 3.17 bits per heavy atom. The van der Waals surface area contributed by atoms with Crippen molar-refractivity contribution in [3.63, 3.8) is 0 Å². The van der Waals surface area contributed by atoms with Crippen LogP contribution in [0.15, 0.2) is 12.5 Å². The highest BCUT2D eigenvalue weighted by molar-refractivity contribution is 5.85. The van der Waals surface area contributed by atoms with Gasteiger partial charge in [-0.15, -0.1) is 0 Å². The van der Waals surface area contributed by atoms with E-state index >= 15 is 0 Å². The van der Waals surface area contributed by atoms with Crippen molar-refractivity contribution in [3.05, 3.63) is 12.5 Å². The second kappa shape index (κ2) is 7.70. The maximum absolute atomic E-state index is 5.42. The molecule has 3 rings (SSSR count). The molecule has 2 atom stereocenters. The zero-order chi connectivity index (χ0) is 16.1. The summed E-state index contributed by atoms with van der Waals surface area (Å²) in [5, 5.41) is 11.5. The Morgan fingerprint density at radius 1 is 1.43 bits per heavy atom. The van der Waals surface area contributed by atoms with Crippen molar-refractivity contribution >= 4 is 16.9 Å². The highest BCUT2D eigenvalue weighted by Gasteiger charge is 2.26. The number of aromatic nitrogens is 4. The molecule has 7 heteroatoms. The Kier molecular flexibility index (Phi) is 5.40. The third-order valence-corrected chi connectivity index (χ3v) is 4.53. The fourth-order valence-corrected chi connectivity index (χ4v) is 3.24. The van der Waals surface area contributed by atoms with Crippen LogP contribution in [0.2, 0.25) is 0 Å². The predicted octanol–water partition coefficient (Wildman–Crippen LogP) is 1.90. The summed E-state index contributed by atoms with van der Waals surface area (Å²) in [5.74, 6) is 1.46. The second-order valence-electron chi connectivity index (χ2n) is 6.22. The minimum atomic E-state index is 0.436. The molecule has 2 aromatic rings. The van der Waals surface area contributed by atoms with Gasteiger partial charge in [0.15, 0.2) is 5.65 Å². The molecule has 1 fully saturated rings. The number of H-pyrrole nitrogens is 1. The third kappa shape index (κ3) is 3.97. The van der Waals surface area contributed by atoms with Crippen molar-refractivity contribution < 1.29 is 4.74 Å². The molecule has 3 heterocycles. The Bertz CT molecular complexity index is 615. The molecule has 23 heavy (non-hydrogen) atoms. The van der Waals surface area contributed by atoms with Crippen LogP contribution < -0.4 is 5.32 Å². The smallest absolute Gasteiger partial charge is 0.160 e. The largest absolute Gasteiger partial charge is 0.382 e. The zero-order valence-corrected chi connectivity index (χ0v) is 14.0. The van der Waals surface area contributed by atoms with Crippen LogP contribution in [0.4, 0.5) is 5.82 Å². The summed E-state index contributed by atoms with van der Waals surface area (Å²) in [7, 11) is 0. The molecule has 1 aliphatic heterocycles. The molecule has 1 saturated heterocycles. The quantitative estimate of drug-likeness (QED) is 0.759. The SMILES string of the molecule is CCOCCCN1CCC(Nc2ncnc3[nH]ncc23)C(C)C1. The second-order valence-corrected chi connectivity index (χ2v) is 6.22. The van der Waals surface area contributed by atoms with Gasteiger partial charge in [-0.1, -0.05) is 6.92 Å². The van der Waals surface area contributed by atoms with E-state index in [-0.39, 0.29) is 0 Å². The van der Waals surface area contributed by atoms with Gasteiger partial charge in [-0.2, -0.15) is 5.10 Å². The maximum Gasteiger partial charge on any atom is 0.160 e. The van der Waals surface area contributed by atoms with E-state index in [0.29, 0.717) is 12.0 Å². The number of piperidine rings is 1. The number of nitrogens with zero attached hydrogens (tertiary/aromatic N) is 4. The maximum atomic E-state index is 5.42. The number of hydrogen-bond acceptors (Lipinski definition) is 6. The molecule has 0 aromatic carbocycles. The van der Waals surface area contributed by atoms with Gasteiger partial charge in [-0.25, -0.2) is 9.97 Å². The van der Waals surface area contributed by atoms with Crippen molar-refractivity contribution in [3.8, 4) is 0 Å². The van der Waals surface area contributed by atoms with Gasteiger partial charge in [-0.3, -0.25) is 5.10 Å². The number of hydrogen-bond donors (Lipinski definition) is 2. The van der Waals surface area contributed by atoms with E-state index in [1.807, 2.05) is 6.92 Å². The third-order valence-electron chi connectivity index (χ3n) is 4.53. The summed E-state index contributed by atoms with van der Waals surface area (Å²) in [6.07, 6.45) is 5.60. The molecule has 0 spiro atoms. The number of aromatic amines is 1. The molecule has 126 valence electrons. The lowest BCUT2D eigenvalue weighted by Gasteiger charge is -2.37. The average Bonchev–Trinajstić information content (AvgIpc) is 3.03. The molecule has 7 nitrogen and oxygen atoms in total. The summed E-state index contributed by atoms with van der Waals surface area (Å²) in [4.78, 5) is 11.1. The number of nitrogens with one attached hydrogen (secondary N) is 2. The summed E-state index contributed by atoms with van der Waals surface area (Å²) < 4.78 is 5.42. The first kappa shape index (κ1) is 16.1. The van der Waals surface area contributed by atoms with Crippen LogP contribution in [0.3, 0.4) is 0 Å². The van der Waals surface area contributed by atoms with Gasteiger partial charge in [0.2, 0.25) is 0 Å². The first-order valence-corrected chi connectivity index (χ1v) is 8.48. The van der Waals surface area contributed by atoms with Crippen molar-refractivity contribution in [1.29, 1.82) is 0 Å². The van der Waals surface area contributed by atoms with Crippen molar-refractivity contribution in [2.24, 2.45) is 5.92 Å². The number of anilines is 1. The highest BCUT2D eigenvalue weighted by Crippen LogP contribution is 2.23. The van der Waals surface area contributed by atoms with E-state index in [4.69, 9.17) is 4.74 Å². The minimum absolute atomic E-state index is 0.436. The summed E-state index contributed by atoms with van der Waals surface area (Å²) in [5.41, 5.74) is 0.781. The lowest BCUT2D eigenvalue weighted by atomic mass is 9.93. The van der Waals surface area contributed by atoms with Crippen LogP contribution in [-0.4, -0.2) is 64.0 Å². The summed E-state index contributed by atoms with van der Waals surface area (Å²) in [6.45, 7) is 9.38. The van der Waals surface area contributed by atoms with Crippen LogP contribution >= 0.6 is 0 Å². The molecular formula is C16H26N6O. The van der Waals surface area contributed by atoms with Crippen molar-refractivity contribution in [2.45, 2.75) is 32.7 Å². The van der Waals surface area contributed by atoms with Crippen LogP contribution in [0, 0.1) is 5.92 Å². The predicted molar refractivity (Wildman–Crippen MR) is 90.4 cm³/mol. The van der Waals surface area contributed by atoms with E-state index in [1.165, 1.54) is 0 Å². The lowest BCUT2D eigenvalue weighted by Crippen LogP contribution is -2.45. The van der Waals surface area contributed by atoms with Crippen molar-refractivity contribution in [2.75, 3.05) is 38.2 Å². The van der Waals surface area contributed by atoms with E-state index < -0.39 is 0 Å². The van der Waals surface area contributed by atoms with Crippen LogP contribution in [0.5, 0.6) is 0 Å². The number of rotatable bonds is 7. The van der Waals surface area contributed by atoms with Crippen molar-refractivity contribution in [1.82, 2.24) is 25.1 Å². The Morgan fingerprint density at radius 2 is 2.35 bits per heavy atom. The van der Waals surface area contributed by atoms with Gasteiger partial charge in [0.05, 0.1) is 11.6 Å². The van der Waals surface area contributed by atoms with Gasteiger partial charge in [0, 0.05) is 38.9 Å². The molecule has 0 saturated carbocycles. The minimum Gasteiger partial charge on any atom is -0.382 e. The Hall–Kier alpha value is -1.73. The standard InChI is InChI=1S/C16H26N6O/c1-3-23-8-4-6-22-7-5-14(12(2)10-22)20-15-13-9-19-21-16(13)18-11-17-15/h9,11-12,14H,3-8,10H2,1-2H3,(H2,17,18,19,20,21). The zero-order valence-electron chi connectivity index (χ0n) is 14.0. The van der Waals surface area contributed by atoms with E-state index in [1.54, 1.807) is 12.5 Å². The van der Waals surface area contributed by atoms with Gasteiger partial charge in [0.25, 0.3) is 0 Å². The summed E-state index contributed by atoms with van der Waals surface area (Å²) in [6, 6.07) is 0.436. The normalized spacial score (nSPS) is 22.5. The van der Waals surface area contributed by atoms with E-state index in [9.17, 15) is 0 Å². The number of ether oxygens (including phenoxy) is 1. The first-order chi connectivity index (χ1) is 11.3. The van der Waals surface area contributed by atoms with Gasteiger partial charge in [-0.05, 0) is 25.7 Å². The van der Waals surface area contributed by atoms with Gasteiger partial charge < -0.3 is 15.0 Å². The molecule has 0 amide bonds. The molecular weight excluding hydrogens is 292 g/mol. The molecule has 2 aromatic heterocycles. The monoisotopic (exact) mass is 318 g/mol. The van der Waals surface area contributed by atoms with Crippen LogP contribution in [0.1, 0.15) is 26.7 Å².